The Morgan fingerprint density at radius 3 is 1.32 bits per heavy atom. The number of hydrogen-bond acceptors (Lipinski definition) is 0. The standard InChI is InChI=1S/C13H18F6/c14-12(15,16)9-3-7-11(5-1-2-6-11)8-4-10(9)13(17,18)19/h9-10H,1-8H2. The van der Waals surface area contributed by atoms with E-state index in [1.54, 1.807) is 0 Å². The lowest BCUT2D eigenvalue weighted by Crippen LogP contribution is -2.38. The first kappa shape index (κ1) is 15.0. The van der Waals surface area contributed by atoms with Gasteiger partial charge in [-0.2, -0.15) is 26.3 Å². The van der Waals surface area contributed by atoms with Crippen LogP contribution in [0.4, 0.5) is 26.3 Å². The van der Waals surface area contributed by atoms with Gasteiger partial charge in [-0.1, -0.05) is 12.8 Å². The maximum Gasteiger partial charge on any atom is 0.392 e. The molecule has 2 unspecified atom stereocenters. The van der Waals surface area contributed by atoms with E-state index in [4.69, 9.17) is 0 Å². The zero-order valence-electron chi connectivity index (χ0n) is 10.6. The van der Waals surface area contributed by atoms with Crippen molar-refractivity contribution in [1.29, 1.82) is 0 Å². The van der Waals surface area contributed by atoms with Crippen LogP contribution < -0.4 is 0 Å². The Labute approximate surface area is 108 Å². The molecule has 6 heteroatoms. The van der Waals surface area contributed by atoms with E-state index in [0.717, 1.165) is 25.7 Å². The summed E-state index contributed by atoms with van der Waals surface area (Å²) < 4.78 is 77.3. The van der Waals surface area contributed by atoms with Crippen LogP contribution in [0.1, 0.15) is 51.4 Å². The second kappa shape index (κ2) is 4.85. The van der Waals surface area contributed by atoms with Crippen molar-refractivity contribution in [3.05, 3.63) is 0 Å². The van der Waals surface area contributed by atoms with Crippen molar-refractivity contribution in [2.75, 3.05) is 0 Å². The summed E-state index contributed by atoms with van der Waals surface area (Å²) in [6, 6.07) is 0. The highest BCUT2D eigenvalue weighted by molar-refractivity contribution is 4.93. The van der Waals surface area contributed by atoms with Crippen LogP contribution in [0.5, 0.6) is 0 Å². The smallest absolute Gasteiger partial charge is 0.171 e. The largest absolute Gasteiger partial charge is 0.392 e. The van der Waals surface area contributed by atoms with E-state index < -0.39 is 24.2 Å². The molecule has 2 aliphatic carbocycles. The summed E-state index contributed by atoms with van der Waals surface area (Å²) in [5, 5.41) is 0. The average molecular weight is 288 g/mol. The van der Waals surface area contributed by atoms with E-state index in [9.17, 15) is 26.3 Å². The normalized spacial score (nSPS) is 32.5. The lowest BCUT2D eigenvalue weighted by Gasteiger charge is -2.28. The zero-order chi connectivity index (χ0) is 14.3. The fraction of sp³-hybridized carbons (Fsp3) is 1.00. The molecular formula is C13H18F6. The minimum atomic E-state index is -4.75. The summed E-state index contributed by atoms with van der Waals surface area (Å²) in [6.45, 7) is 0. The number of alkyl halides is 6. The molecule has 2 saturated carbocycles. The van der Waals surface area contributed by atoms with Crippen LogP contribution in [-0.2, 0) is 0 Å². The molecule has 0 aromatic rings. The second-order valence-corrected chi connectivity index (χ2v) is 6.08. The summed E-state index contributed by atoms with van der Waals surface area (Å²) in [5.41, 5.74) is -0.247. The predicted molar refractivity (Wildman–Crippen MR) is 58.5 cm³/mol. The monoisotopic (exact) mass is 288 g/mol. The topological polar surface area (TPSA) is 0 Å². The van der Waals surface area contributed by atoms with Crippen LogP contribution in [0.15, 0.2) is 0 Å². The van der Waals surface area contributed by atoms with E-state index >= 15 is 0 Å². The molecule has 1 spiro atoms. The molecule has 0 nitrogen and oxygen atoms in total. The van der Waals surface area contributed by atoms with Gasteiger partial charge in [0, 0.05) is 0 Å². The Bertz CT molecular complexity index is 284. The highest BCUT2D eigenvalue weighted by atomic mass is 19.4. The molecule has 2 rings (SSSR count). The number of hydrogen-bond donors (Lipinski definition) is 0. The first-order valence-corrected chi connectivity index (χ1v) is 6.78. The molecule has 112 valence electrons. The molecule has 2 atom stereocenters. The average Bonchev–Trinajstić information content (AvgIpc) is 2.57. The van der Waals surface area contributed by atoms with Crippen molar-refractivity contribution in [1.82, 2.24) is 0 Å². The van der Waals surface area contributed by atoms with Crippen LogP contribution in [0.25, 0.3) is 0 Å². The lowest BCUT2D eigenvalue weighted by molar-refractivity contribution is -0.254. The Morgan fingerprint density at radius 1 is 0.632 bits per heavy atom. The summed E-state index contributed by atoms with van der Waals surface area (Å²) in [6.07, 6.45) is -6.17. The Balaban J connectivity index is 2.21. The number of rotatable bonds is 0. The lowest BCUT2D eigenvalue weighted by atomic mass is 9.78. The van der Waals surface area contributed by atoms with Gasteiger partial charge in [0.25, 0.3) is 0 Å². The van der Waals surface area contributed by atoms with Crippen molar-refractivity contribution in [3.8, 4) is 0 Å². The van der Waals surface area contributed by atoms with E-state index in [0.29, 0.717) is 12.8 Å². The molecule has 0 aromatic heterocycles. The molecule has 19 heavy (non-hydrogen) atoms. The first-order chi connectivity index (χ1) is 8.64. The second-order valence-electron chi connectivity index (χ2n) is 6.08. The Morgan fingerprint density at radius 2 is 1.00 bits per heavy atom. The summed E-state index contributed by atoms with van der Waals surface area (Å²) in [7, 11) is 0. The van der Waals surface area contributed by atoms with Gasteiger partial charge in [0.15, 0.2) is 0 Å². The van der Waals surface area contributed by atoms with E-state index in [1.807, 2.05) is 0 Å². The van der Waals surface area contributed by atoms with Crippen molar-refractivity contribution < 1.29 is 26.3 Å². The van der Waals surface area contributed by atoms with Gasteiger partial charge < -0.3 is 0 Å². The molecule has 0 radical (unpaired) electrons. The number of halogens is 6. The van der Waals surface area contributed by atoms with Crippen molar-refractivity contribution in [2.24, 2.45) is 17.3 Å². The van der Waals surface area contributed by atoms with Crippen LogP contribution in [-0.4, -0.2) is 12.4 Å². The fourth-order valence-corrected chi connectivity index (χ4v) is 3.86. The van der Waals surface area contributed by atoms with Crippen LogP contribution in [0, 0.1) is 17.3 Å². The molecule has 0 N–H and O–H groups in total. The summed E-state index contributed by atoms with van der Waals surface area (Å²) in [4.78, 5) is 0. The van der Waals surface area contributed by atoms with Crippen molar-refractivity contribution in [3.63, 3.8) is 0 Å². The van der Waals surface area contributed by atoms with Gasteiger partial charge in [-0.3, -0.25) is 0 Å². The molecule has 0 aromatic carbocycles. The maximum atomic E-state index is 12.9. The van der Waals surface area contributed by atoms with E-state index in [2.05, 4.69) is 0 Å². The van der Waals surface area contributed by atoms with Gasteiger partial charge in [-0.05, 0) is 43.9 Å². The molecule has 0 bridgehead atoms. The van der Waals surface area contributed by atoms with Crippen molar-refractivity contribution in [2.45, 2.75) is 63.7 Å². The van der Waals surface area contributed by atoms with E-state index in [-0.39, 0.29) is 18.3 Å². The van der Waals surface area contributed by atoms with Crippen LogP contribution in [0.3, 0.4) is 0 Å². The van der Waals surface area contributed by atoms with Gasteiger partial charge in [0.1, 0.15) is 0 Å². The van der Waals surface area contributed by atoms with Gasteiger partial charge in [0.2, 0.25) is 0 Å². The molecule has 2 aliphatic rings. The van der Waals surface area contributed by atoms with Gasteiger partial charge in [0.05, 0.1) is 11.8 Å². The van der Waals surface area contributed by atoms with Crippen LogP contribution >= 0.6 is 0 Å². The Hall–Kier alpha value is -0.420. The third-order valence-electron chi connectivity index (χ3n) is 4.96. The summed E-state index contributed by atoms with van der Waals surface area (Å²) in [5.74, 6) is -4.43. The first-order valence-electron chi connectivity index (χ1n) is 6.78. The van der Waals surface area contributed by atoms with Gasteiger partial charge in [-0.15, -0.1) is 0 Å². The third kappa shape index (κ3) is 3.19. The Kier molecular flexibility index (Phi) is 3.82. The SMILES string of the molecule is FC(F)(F)C1CCC2(CCCC2)CCC1C(F)(F)F. The van der Waals surface area contributed by atoms with Crippen molar-refractivity contribution >= 4 is 0 Å². The minimum absolute atomic E-state index is 0.247. The molecular weight excluding hydrogens is 270 g/mol. The molecule has 0 aliphatic heterocycles. The highest BCUT2D eigenvalue weighted by Crippen LogP contribution is 2.55. The van der Waals surface area contributed by atoms with Gasteiger partial charge >= 0.3 is 12.4 Å². The third-order valence-corrected chi connectivity index (χ3v) is 4.96. The molecule has 0 heterocycles. The zero-order valence-corrected chi connectivity index (χ0v) is 10.6. The highest BCUT2D eigenvalue weighted by Gasteiger charge is 2.56. The van der Waals surface area contributed by atoms with E-state index in [1.165, 1.54) is 0 Å². The fourth-order valence-electron chi connectivity index (χ4n) is 3.86. The quantitative estimate of drug-likeness (QED) is 0.518. The molecule has 0 amide bonds. The predicted octanol–water partition coefficient (Wildman–Crippen LogP) is 5.48. The summed E-state index contributed by atoms with van der Waals surface area (Å²) >= 11 is 0. The molecule has 0 saturated heterocycles. The van der Waals surface area contributed by atoms with Crippen LogP contribution in [0.2, 0.25) is 0 Å². The molecule has 2 fully saturated rings. The minimum Gasteiger partial charge on any atom is -0.171 e. The maximum absolute atomic E-state index is 12.9. The van der Waals surface area contributed by atoms with Gasteiger partial charge in [-0.25, -0.2) is 0 Å².